The lowest BCUT2D eigenvalue weighted by atomic mass is 10.3. The Hall–Kier alpha value is -1.56. The molecule has 2 N–H and O–H groups in total. The Morgan fingerprint density at radius 1 is 1.69 bits per heavy atom. The quantitative estimate of drug-likeness (QED) is 0.395. The van der Waals surface area contributed by atoms with E-state index in [-0.39, 0.29) is 12.1 Å². The summed E-state index contributed by atoms with van der Waals surface area (Å²) in [4.78, 5) is 18.1. The Bertz CT molecular complexity index is 446. The number of rotatable bonds is 4. The van der Waals surface area contributed by atoms with Gasteiger partial charge in [0.1, 0.15) is 10.4 Å². The van der Waals surface area contributed by atoms with Crippen LogP contribution in [0, 0.1) is 5.82 Å². The molecule has 6 heteroatoms. The van der Waals surface area contributed by atoms with Crippen LogP contribution in [0.2, 0.25) is 0 Å². The Balaban J connectivity index is 2.74. The number of carbonyl (C=O) groups is 1. The molecule has 0 saturated heterocycles. The number of nitrogens with zero attached hydrogens (tertiary/aromatic N) is 2. The summed E-state index contributed by atoms with van der Waals surface area (Å²) in [7, 11) is 0. The Morgan fingerprint density at radius 3 is 3.06 bits per heavy atom. The van der Waals surface area contributed by atoms with Gasteiger partial charge in [-0.05, 0) is 22.0 Å². The molecule has 4 nitrogen and oxygen atoms in total. The van der Waals surface area contributed by atoms with E-state index < -0.39 is 5.82 Å². The second kappa shape index (κ2) is 6.12. The highest BCUT2D eigenvalue weighted by Crippen LogP contribution is 2.15. The van der Waals surface area contributed by atoms with Gasteiger partial charge in [-0.1, -0.05) is 0 Å². The van der Waals surface area contributed by atoms with Crippen molar-refractivity contribution in [2.75, 3.05) is 0 Å². The van der Waals surface area contributed by atoms with E-state index in [2.05, 4.69) is 25.9 Å². The molecule has 0 bridgehead atoms. The first kappa shape index (κ1) is 12.5. The van der Waals surface area contributed by atoms with E-state index >= 15 is 0 Å². The van der Waals surface area contributed by atoms with Gasteiger partial charge in [-0.2, -0.15) is 0 Å². The summed E-state index contributed by atoms with van der Waals surface area (Å²) in [6.45, 7) is 0.219. The molecular weight excluding hydrogens is 277 g/mol. The molecule has 0 radical (unpaired) electrons. The monoisotopic (exact) mass is 285 g/mol. The first-order valence-corrected chi connectivity index (χ1v) is 5.13. The Morgan fingerprint density at radius 2 is 2.44 bits per heavy atom. The van der Waals surface area contributed by atoms with E-state index in [1.807, 2.05) is 0 Å². The molecule has 0 aliphatic rings. The van der Waals surface area contributed by atoms with Gasteiger partial charge >= 0.3 is 0 Å². The van der Waals surface area contributed by atoms with Crippen molar-refractivity contribution in [2.45, 2.75) is 6.54 Å². The summed E-state index contributed by atoms with van der Waals surface area (Å²) in [6, 6.07) is 1.32. The van der Waals surface area contributed by atoms with Crippen molar-refractivity contribution >= 4 is 28.4 Å². The zero-order valence-corrected chi connectivity index (χ0v) is 9.82. The first-order valence-electron chi connectivity index (χ1n) is 4.34. The minimum atomic E-state index is -0.432. The minimum Gasteiger partial charge on any atom is -0.404 e. The van der Waals surface area contributed by atoms with E-state index in [0.29, 0.717) is 16.5 Å². The number of halogens is 2. The number of nitrogens with two attached hydrogens (primary N) is 1. The largest absolute Gasteiger partial charge is 0.404 e. The second-order valence-corrected chi connectivity index (χ2v) is 3.61. The predicted molar refractivity (Wildman–Crippen MR) is 62.4 cm³/mol. The van der Waals surface area contributed by atoms with Gasteiger partial charge in [0.15, 0.2) is 6.29 Å². The van der Waals surface area contributed by atoms with Crippen molar-refractivity contribution in [1.29, 1.82) is 0 Å². The molecule has 0 aliphatic carbocycles. The molecule has 0 spiro atoms. The molecule has 0 amide bonds. The number of hydrogen-bond acceptors (Lipinski definition) is 4. The van der Waals surface area contributed by atoms with Crippen LogP contribution in [-0.4, -0.2) is 17.5 Å². The Labute approximate surface area is 100 Å². The highest BCUT2D eigenvalue weighted by atomic mass is 79.9. The Kier molecular flexibility index (Phi) is 4.78. The zero-order valence-electron chi connectivity index (χ0n) is 8.23. The maximum absolute atomic E-state index is 12.8. The van der Waals surface area contributed by atoms with Gasteiger partial charge in [0.25, 0.3) is 0 Å². The molecule has 16 heavy (non-hydrogen) atoms. The molecule has 0 fully saturated rings. The van der Waals surface area contributed by atoms with Crippen molar-refractivity contribution in [3.05, 3.63) is 40.0 Å². The average Bonchev–Trinajstić information content (AvgIpc) is 2.29. The number of allylic oxidation sites excluding steroid dienone is 1. The minimum absolute atomic E-state index is 0.219. The molecule has 0 aliphatic heterocycles. The van der Waals surface area contributed by atoms with Gasteiger partial charge in [-0.3, -0.25) is 9.79 Å². The van der Waals surface area contributed by atoms with Crippen LogP contribution in [0.1, 0.15) is 5.56 Å². The van der Waals surface area contributed by atoms with Crippen LogP contribution < -0.4 is 5.73 Å². The normalized spacial score (nSPS) is 12.0. The van der Waals surface area contributed by atoms with Crippen LogP contribution in [0.15, 0.2) is 33.6 Å². The average molecular weight is 286 g/mol. The topological polar surface area (TPSA) is 68.3 Å². The van der Waals surface area contributed by atoms with Gasteiger partial charge in [-0.25, -0.2) is 9.37 Å². The number of carbonyl (C=O) groups excluding carboxylic acids is 1. The highest BCUT2D eigenvalue weighted by molar-refractivity contribution is 9.10. The molecule has 1 aromatic rings. The summed E-state index contributed by atoms with van der Waals surface area (Å²) in [5.41, 5.74) is 6.01. The van der Waals surface area contributed by atoms with Crippen molar-refractivity contribution < 1.29 is 9.18 Å². The molecule has 1 rings (SSSR count). The third kappa shape index (κ3) is 3.54. The molecule has 0 aromatic carbocycles. The van der Waals surface area contributed by atoms with Crippen molar-refractivity contribution in [3.8, 4) is 0 Å². The molecule has 0 atom stereocenters. The van der Waals surface area contributed by atoms with Crippen LogP contribution in [-0.2, 0) is 11.3 Å². The smallest absolute Gasteiger partial charge is 0.153 e. The second-order valence-electron chi connectivity index (χ2n) is 2.86. The first-order chi connectivity index (χ1) is 7.67. The fourth-order valence-corrected chi connectivity index (χ4v) is 1.28. The number of aromatic nitrogens is 1. The number of aliphatic imine (C=N–C) groups is 1. The van der Waals surface area contributed by atoms with Crippen molar-refractivity contribution in [1.82, 2.24) is 4.98 Å². The van der Waals surface area contributed by atoms with Crippen molar-refractivity contribution in [3.63, 3.8) is 0 Å². The fourth-order valence-electron chi connectivity index (χ4n) is 0.938. The molecule has 1 aromatic heterocycles. The van der Waals surface area contributed by atoms with Gasteiger partial charge < -0.3 is 5.73 Å². The molecular formula is C10H9BrFN3O. The zero-order chi connectivity index (χ0) is 12.0. The summed E-state index contributed by atoms with van der Waals surface area (Å²) in [6.07, 6.45) is 4.16. The lowest BCUT2D eigenvalue weighted by Gasteiger charge is -1.99. The van der Waals surface area contributed by atoms with E-state index in [4.69, 9.17) is 5.73 Å². The fraction of sp³-hybridized carbons (Fsp3) is 0.100. The third-order valence-corrected chi connectivity index (χ3v) is 2.42. The van der Waals surface area contributed by atoms with E-state index in [0.717, 1.165) is 12.4 Å². The van der Waals surface area contributed by atoms with E-state index in [9.17, 15) is 9.18 Å². The molecule has 0 saturated carbocycles. The third-order valence-electron chi connectivity index (χ3n) is 1.71. The molecule has 0 unspecified atom stereocenters. The van der Waals surface area contributed by atoms with Crippen molar-refractivity contribution in [2.24, 2.45) is 10.7 Å². The van der Waals surface area contributed by atoms with Gasteiger partial charge in [0.05, 0.1) is 12.7 Å². The lowest BCUT2D eigenvalue weighted by molar-refractivity contribution is -0.104. The van der Waals surface area contributed by atoms with Gasteiger partial charge in [-0.15, -0.1) is 0 Å². The number of hydrogen-bond donors (Lipinski definition) is 1. The van der Waals surface area contributed by atoms with Crippen LogP contribution in [0.3, 0.4) is 0 Å². The van der Waals surface area contributed by atoms with Gasteiger partial charge in [0, 0.05) is 23.6 Å². The number of pyridine rings is 1. The summed E-state index contributed by atoms with van der Waals surface area (Å²) in [5, 5.41) is 0. The number of aldehydes is 1. The lowest BCUT2D eigenvalue weighted by Crippen LogP contribution is -1.94. The maximum atomic E-state index is 12.8. The molecule has 1 heterocycles. The SMILES string of the molecule is NC=C(C=O)C=NCc1cc(F)cnc1Br. The van der Waals surface area contributed by atoms with E-state index in [1.165, 1.54) is 12.3 Å². The van der Waals surface area contributed by atoms with Crippen LogP contribution >= 0.6 is 15.9 Å². The van der Waals surface area contributed by atoms with Crippen LogP contribution in [0.25, 0.3) is 0 Å². The maximum Gasteiger partial charge on any atom is 0.153 e. The standard InChI is InChI=1S/C10H9BrFN3O/c11-10-8(1-9(12)5-15-10)4-14-3-7(2-13)6-16/h1-3,5-6H,4,13H2. The van der Waals surface area contributed by atoms with Crippen LogP contribution in [0.5, 0.6) is 0 Å². The highest BCUT2D eigenvalue weighted by Gasteiger charge is 2.01. The summed E-state index contributed by atoms with van der Waals surface area (Å²) >= 11 is 3.17. The van der Waals surface area contributed by atoms with Crippen LogP contribution in [0.4, 0.5) is 4.39 Å². The van der Waals surface area contributed by atoms with Gasteiger partial charge in [0.2, 0.25) is 0 Å². The predicted octanol–water partition coefficient (Wildman–Crippen LogP) is 1.60. The summed E-state index contributed by atoms with van der Waals surface area (Å²) < 4.78 is 13.4. The van der Waals surface area contributed by atoms with E-state index in [1.54, 1.807) is 0 Å². The molecule has 84 valence electrons. The summed E-state index contributed by atoms with van der Waals surface area (Å²) in [5.74, 6) is -0.432.